The van der Waals surface area contributed by atoms with Crippen LogP contribution in [0, 0.1) is 6.92 Å². The van der Waals surface area contributed by atoms with Gasteiger partial charge in [0, 0.05) is 23.8 Å². The minimum Gasteiger partial charge on any atom is -0.314 e. The number of hydrogen-bond acceptors (Lipinski definition) is 3. The number of aromatic nitrogens is 2. The molecule has 19 heavy (non-hydrogen) atoms. The second-order valence-corrected chi connectivity index (χ2v) is 6.30. The Bertz CT molecular complexity index is 400. The van der Waals surface area contributed by atoms with E-state index < -0.39 is 0 Å². The lowest BCUT2D eigenvalue weighted by Crippen LogP contribution is -2.47. The van der Waals surface area contributed by atoms with Gasteiger partial charge >= 0.3 is 0 Å². The van der Waals surface area contributed by atoms with Crippen molar-refractivity contribution in [3.8, 4) is 0 Å². The highest BCUT2D eigenvalue weighted by molar-refractivity contribution is 5.14. The predicted octanol–water partition coefficient (Wildman–Crippen LogP) is 1.87. The van der Waals surface area contributed by atoms with Crippen LogP contribution >= 0.6 is 0 Å². The molecule has 0 radical (unpaired) electrons. The van der Waals surface area contributed by atoms with Gasteiger partial charge in [-0.15, -0.1) is 0 Å². The fraction of sp³-hybridized carbons (Fsp3) is 0.800. The van der Waals surface area contributed by atoms with E-state index in [-0.39, 0.29) is 0 Å². The molecule has 2 aliphatic rings. The Morgan fingerprint density at radius 1 is 1.37 bits per heavy atom. The van der Waals surface area contributed by atoms with Gasteiger partial charge in [0.2, 0.25) is 0 Å². The van der Waals surface area contributed by atoms with Crippen LogP contribution in [0.15, 0.2) is 6.20 Å². The van der Waals surface area contributed by atoms with Crippen LogP contribution < -0.4 is 5.32 Å². The highest BCUT2D eigenvalue weighted by atomic mass is 15.2. The second-order valence-electron chi connectivity index (χ2n) is 6.30. The summed E-state index contributed by atoms with van der Waals surface area (Å²) in [6.07, 6.45) is 9.82. The van der Waals surface area contributed by atoms with Gasteiger partial charge in [-0.2, -0.15) is 5.10 Å². The van der Waals surface area contributed by atoms with Crippen molar-refractivity contribution in [1.29, 1.82) is 0 Å². The number of fused-ring (bicyclic) bond motifs is 2. The molecule has 4 heteroatoms. The van der Waals surface area contributed by atoms with Crippen molar-refractivity contribution in [1.82, 2.24) is 20.4 Å². The van der Waals surface area contributed by atoms with Gasteiger partial charge in [-0.25, -0.2) is 0 Å². The van der Waals surface area contributed by atoms with Gasteiger partial charge in [0.15, 0.2) is 0 Å². The average Bonchev–Trinajstić information content (AvgIpc) is 2.87. The molecule has 0 amide bonds. The van der Waals surface area contributed by atoms with Gasteiger partial charge < -0.3 is 10.2 Å². The third-order valence-electron chi connectivity index (χ3n) is 5.09. The first kappa shape index (κ1) is 13.1. The number of hydrogen-bond donors (Lipinski definition) is 2. The molecule has 0 aromatic carbocycles. The number of rotatable bonds is 5. The van der Waals surface area contributed by atoms with Crippen LogP contribution in [0.3, 0.4) is 0 Å². The van der Waals surface area contributed by atoms with E-state index in [4.69, 9.17) is 0 Å². The molecule has 2 bridgehead atoms. The average molecular weight is 262 g/mol. The third kappa shape index (κ3) is 2.84. The van der Waals surface area contributed by atoms with Crippen LogP contribution in [0.1, 0.15) is 43.4 Å². The summed E-state index contributed by atoms with van der Waals surface area (Å²) in [5.74, 6) is 0. The molecule has 2 atom stereocenters. The van der Waals surface area contributed by atoms with Crippen LogP contribution in [-0.2, 0) is 6.42 Å². The topological polar surface area (TPSA) is 44.0 Å². The molecule has 2 N–H and O–H groups in total. The van der Waals surface area contributed by atoms with E-state index in [0.29, 0.717) is 0 Å². The lowest BCUT2D eigenvalue weighted by molar-refractivity contribution is 0.149. The second kappa shape index (κ2) is 5.63. The van der Waals surface area contributed by atoms with Gasteiger partial charge in [0.25, 0.3) is 0 Å². The molecule has 2 unspecified atom stereocenters. The van der Waals surface area contributed by atoms with Crippen molar-refractivity contribution in [2.75, 3.05) is 13.6 Å². The Morgan fingerprint density at radius 2 is 2.11 bits per heavy atom. The van der Waals surface area contributed by atoms with Crippen molar-refractivity contribution in [2.24, 2.45) is 0 Å². The molecular weight excluding hydrogens is 236 g/mol. The van der Waals surface area contributed by atoms with E-state index in [1.165, 1.54) is 43.4 Å². The number of aromatic amines is 1. The summed E-state index contributed by atoms with van der Waals surface area (Å²) in [6.45, 7) is 3.24. The standard InChI is InChI=1S/C15H26N4/c1-11-12(10-17-18-11)4-3-7-16-13-8-14-5-6-15(9-13)19(14)2/h10,13-16H,3-9H2,1-2H3,(H,17,18). The molecular formula is C15H26N4. The normalized spacial score (nSPS) is 30.9. The third-order valence-corrected chi connectivity index (χ3v) is 5.09. The summed E-state index contributed by atoms with van der Waals surface area (Å²) in [5, 5.41) is 10.9. The molecule has 106 valence electrons. The van der Waals surface area contributed by atoms with Crippen LogP contribution in [0.2, 0.25) is 0 Å². The summed E-state index contributed by atoms with van der Waals surface area (Å²) < 4.78 is 0. The summed E-state index contributed by atoms with van der Waals surface area (Å²) in [6, 6.07) is 2.43. The number of aryl methyl sites for hydroxylation is 2. The minimum absolute atomic E-state index is 0.749. The zero-order valence-electron chi connectivity index (χ0n) is 12.2. The lowest BCUT2D eigenvalue weighted by atomic mass is 9.98. The summed E-state index contributed by atoms with van der Waals surface area (Å²) in [7, 11) is 2.31. The first-order valence-electron chi connectivity index (χ1n) is 7.68. The van der Waals surface area contributed by atoms with Crippen LogP contribution in [0.25, 0.3) is 0 Å². The Hall–Kier alpha value is -0.870. The fourth-order valence-corrected chi connectivity index (χ4v) is 3.79. The van der Waals surface area contributed by atoms with Crippen LogP contribution in [-0.4, -0.2) is 46.8 Å². The molecule has 0 aliphatic carbocycles. The Kier molecular flexibility index (Phi) is 3.89. The van der Waals surface area contributed by atoms with Gasteiger partial charge in [-0.1, -0.05) is 0 Å². The lowest BCUT2D eigenvalue weighted by Gasteiger charge is -2.36. The molecule has 0 saturated carbocycles. The molecule has 3 rings (SSSR count). The summed E-state index contributed by atoms with van der Waals surface area (Å²) >= 11 is 0. The van der Waals surface area contributed by atoms with Crippen molar-refractivity contribution in [2.45, 2.75) is 63.6 Å². The van der Waals surface area contributed by atoms with E-state index in [9.17, 15) is 0 Å². The maximum absolute atomic E-state index is 4.08. The van der Waals surface area contributed by atoms with Crippen LogP contribution in [0.5, 0.6) is 0 Å². The smallest absolute Gasteiger partial charge is 0.0522 e. The quantitative estimate of drug-likeness (QED) is 0.796. The van der Waals surface area contributed by atoms with Gasteiger partial charge in [-0.3, -0.25) is 5.10 Å². The first-order valence-corrected chi connectivity index (χ1v) is 7.68. The van der Waals surface area contributed by atoms with Gasteiger partial charge in [0.05, 0.1) is 6.20 Å². The fourth-order valence-electron chi connectivity index (χ4n) is 3.79. The van der Waals surface area contributed by atoms with Crippen molar-refractivity contribution in [3.05, 3.63) is 17.5 Å². The van der Waals surface area contributed by atoms with Crippen molar-refractivity contribution >= 4 is 0 Å². The molecule has 2 fully saturated rings. The van der Waals surface area contributed by atoms with E-state index in [1.807, 2.05) is 6.20 Å². The largest absolute Gasteiger partial charge is 0.314 e. The van der Waals surface area contributed by atoms with E-state index in [2.05, 4.69) is 34.4 Å². The highest BCUT2D eigenvalue weighted by Crippen LogP contribution is 2.34. The molecule has 3 heterocycles. The number of nitrogens with one attached hydrogen (secondary N) is 2. The van der Waals surface area contributed by atoms with Crippen LogP contribution in [0.4, 0.5) is 0 Å². The number of nitrogens with zero attached hydrogens (tertiary/aromatic N) is 2. The van der Waals surface area contributed by atoms with Gasteiger partial charge in [-0.05, 0) is 64.6 Å². The SMILES string of the molecule is Cc1[nH]ncc1CCCNC1CC2CCC(C1)N2C. The van der Waals surface area contributed by atoms with Gasteiger partial charge in [0.1, 0.15) is 0 Å². The molecule has 2 saturated heterocycles. The maximum atomic E-state index is 4.08. The molecule has 0 spiro atoms. The Labute approximate surface area is 116 Å². The number of H-pyrrole nitrogens is 1. The zero-order valence-corrected chi connectivity index (χ0v) is 12.2. The van der Waals surface area contributed by atoms with Crippen molar-refractivity contribution < 1.29 is 0 Å². The minimum atomic E-state index is 0.749. The zero-order chi connectivity index (χ0) is 13.2. The Balaban J connectivity index is 1.38. The molecule has 4 nitrogen and oxygen atoms in total. The van der Waals surface area contributed by atoms with E-state index in [1.54, 1.807) is 0 Å². The van der Waals surface area contributed by atoms with Crippen molar-refractivity contribution in [3.63, 3.8) is 0 Å². The molecule has 1 aromatic rings. The monoisotopic (exact) mass is 262 g/mol. The molecule has 2 aliphatic heterocycles. The number of piperidine rings is 1. The molecule has 1 aromatic heterocycles. The summed E-state index contributed by atoms with van der Waals surface area (Å²) in [4.78, 5) is 2.60. The highest BCUT2D eigenvalue weighted by Gasteiger charge is 2.37. The maximum Gasteiger partial charge on any atom is 0.0522 e. The van der Waals surface area contributed by atoms with E-state index >= 15 is 0 Å². The predicted molar refractivity (Wildman–Crippen MR) is 77.2 cm³/mol. The summed E-state index contributed by atoms with van der Waals surface area (Å²) in [5.41, 5.74) is 2.59. The first-order chi connectivity index (χ1) is 9.24. The Morgan fingerprint density at radius 3 is 2.74 bits per heavy atom. The van der Waals surface area contributed by atoms with E-state index in [0.717, 1.165) is 31.1 Å².